The van der Waals surface area contributed by atoms with E-state index >= 15 is 0 Å². The topological polar surface area (TPSA) is 67.9 Å². The van der Waals surface area contributed by atoms with Crippen molar-refractivity contribution in [3.05, 3.63) is 60.3 Å². The molecule has 1 aromatic carbocycles. The standard InChI is InChI=1S/C21H26N2O4/c1-5-11-23-19(17-13-26-21(3,4)27-17)18(20(23)25)22-14(2)12-16(24)15-9-7-6-8-10-15/h5-10,12,17-19,22H,1,11,13H2,2-4H3/t17-,18-,19+/m0/s1. The maximum absolute atomic E-state index is 12.6. The van der Waals surface area contributed by atoms with Gasteiger partial charge in [0.25, 0.3) is 0 Å². The third kappa shape index (κ3) is 4.12. The van der Waals surface area contributed by atoms with Gasteiger partial charge in [0.1, 0.15) is 12.1 Å². The van der Waals surface area contributed by atoms with Crippen LogP contribution >= 0.6 is 0 Å². The van der Waals surface area contributed by atoms with Crippen LogP contribution in [0.2, 0.25) is 0 Å². The summed E-state index contributed by atoms with van der Waals surface area (Å²) in [5.41, 5.74) is 1.25. The summed E-state index contributed by atoms with van der Waals surface area (Å²) in [5, 5.41) is 3.19. The first-order valence-corrected chi connectivity index (χ1v) is 9.10. The van der Waals surface area contributed by atoms with E-state index in [1.165, 1.54) is 6.08 Å². The molecule has 0 aromatic heterocycles. The smallest absolute Gasteiger partial charge is 0.248 e. The first-order chi connectivity index (χ1) is 12.8. The van der Waals surface area contributed by atoms with Crippen LogP contribution in [0.25, 0.3) is 0 Å². The van der Waals surface area contributed by atoms with E-state index in [2.05, 4.69) is 11.9 Å². The first-order valence-electron chi connectivity index (χ1n) is 9.10. The molecular formula is C21H26N2O4. The second-order valence-electron chi connectivity index (χ2n) is 7.32. The Morgan fingerprint density at radius 3 is 2.67 bits per heavy atom. The van der Waals surface area contributed by atoms with Gasteiger partial charge in [-0.2, -0.15) is 0 Å². The van der Waals surface area contributed by atoms with Crippen LogP contribution in [0, 0.1) is 0 Å². The molecule has 6 nitrogen and oxygen atoms in total. The highest BCUT2D eigenvalue weighted by molar-refractivity contribution is 6.04. The molecule has 2 saturated heterocycles. The lowest BCUT2D eigenvalue weighted by molar-refractivity contribution is -0.172. The summed E-state index contributed by atoms with van der Waals surface area (Å²) < 4.78 is 11.6. The van der Waals surface area contributed by atoms with E-state index in [-0.39, 0.29) is 23.8 Å². The van der Waals surface area contributed by atoms with Crippen molar-refractivity contribution in [1.82, 2.24) is 10.2 Å². The fourth-order valence-corrected chi connectivity index (χ4v) is 3.54. The van der Waals surface area contributed by atoms with Crippen LogP contribution < -0.4 is 5.32 Å². The SMILES string of the molecule is C=CCN1C(=O)[C@@H](NC(C)=CC(=O)c2ccccc2)[C@H]1[C@@H]1COC(C)(C)O1. The summed E-state index contributed by atoms with van der Waals surface area (Å²) in [4.78, 5) is 26.7. The van der Waals surface area contributed by atoms with Crippen molar-refractivity contribution in [2.24, 2.45) is 0 Å². The molecule has 0 radical (unpaired) electrons. The average Bonchev–Trinajstić information content (AvgIpc) is 3.00. The fourth-order valence-electron chi connectivity index (χ4n) is 3.54. The van der Waals surface area contributed by atoms with Crippen LogP contribution in [0.3, 0.4) is 0 Å². The Labute approximate surface area is 159 Å². The Bertz CT molecular complexity index is 757. The summed E-state index contributed by atoms with van der Waals surface area (Å²) in [5.74, 6) is -0.802. The highest BCUT2D eigenvalue weighted by Crippen LogP contribution is 2.33. The Morgan fingerprint density at radius 2 is 2.07 bits per heavy atom. The molecule has 2 aliphatic heterocycles. The van der Waals surface area contributed by atoms with Crippen molar-refractivity contribution in [3.8, 4) is 0 Å². The highest BCUT2D eigenvalue weighted by Gasteiger charge is 2.54. The average molecular weight is 370 g/mol. The lowest BCUT2D eigenvalue weighted by Crippen LogP contribution is -2.73. The van der Waals surface area contributed by atoms with E-state index in [0.717, 1.165) is 0 Å². The third-order valence-corrected chi connectivity index (χ3v) is 4.78. The van der Waals surface area contributed by atoms with Crippen molar-refractivity contribution in [1.29, 1.82) is 0 Å². The number of amides is 1. The largest absolute Gasteiger partial charge is 0.375 e. The molecule has 144 valence electrons. The zero-order valence-corrected chi connectivity index (χ0v) is 16.0. The molecule has 2 fully saturated rings. The lowest BCUT2D eigenvalue weighted by Gasteiger charge is -2.49. The van der Waals surface area contributed by atoms with Gasteiger partial charge < -0.3 is 19.7 Å². The molecule has 0 spiro atoms. The second-order valence-corrected chi connectivity index (χ2v) is 7.32. The van der Waals surface area contributed by atoms with Gasteiger partial charge in [-0.25, -0.2) is 0 Å². The van der Waals surface area contributed by atoms with E-state index in [9.17, 15) is 9.59 Å². The van der Waals surface area contributed by atoms with Gasteiger partial charge in [0, 0.05) is 23.9 Å². The normalized spacial score (nSPS) is 27.2. The van der Waals surface area contributed by atoms with Crippen LogP contribution in [0.5, 0.6) is 0 Å². The van der Waals surface area contributed by atoms with Gasteiger partial charge in [-0.3, -0.25) is 9.59 Å². The molecule has 2 heterocycles. The summed E-state index contributed by atoms with van der Waals surface area (Å²) in [6.45, 7) is 10.1. The quantitative estimate of drug-likeness (QED) is 0.345. The maximum atomic E-state index is 12.6. The number of allylic oxidation sites excluding steroid dienone is 2. The number of benzene rings is 1. The van der Waals surface area contributed by atoms with Gasteiger partial charge in [0.05, 0.1) is 12.6 Å². The van der Waals surface area contributed by atoms with Gasteiger partial charge in [0.15, 0.2) is 11.6 Å². The van der Waals surface area contributed by atoms with Crippen molar-refractivity contribution >= 4 is 11.7 Å². The molecular weight excluding hydrogens is 344 g/mol. The summed E-state index contributed by atoms with van der Waals surface area (Å²) >= 11 is 0. The number of hydrogen-bond donors (Lipinski definition) is 1. The van der Waals surface area contributed by atoms with E-state index in [1.807, 2.05) is 32.0 Å². The molecule has 0 saturated carbocycles. The van der Waals surface area contributed by atoms with Crippen LogP contribution in [-0.4, -0.2) is 53.7 Å². The molecule has 0 bridgehead atoms. The van der Waals surface area contributed by atoms with Crippen molar-refractivity contribution < 1.29 is 19.1 Å². The number of likely N-dealkylation sites (tertiary alicyclic amines) is 1. The van der Waals surface area contributed by atoms with Crippen LogP contribution in [-0.2, 0) is 14.3 Å². The van der Waals surface area contributed by atoms with Crippen LogP contribution in [0.15, 0.2) is 54.8 Å². The van der Waals surface area contributed by atoms with Crippen LogP contribution in [0.4, 0.5) is 0 Å². The number of carbonyl (C=O) groups excluding carboxylic acids is 2. The summed E-state index contributed by atoms with van der Waals surface area (Å²) in [7, 11) is 0. The highest BCUT2D eigenvalue weighted by atomic mass is 16.7. The fraction of sp³-hybridized carbons (Fsp3) is 0.429. The molecule has 0 unspecified atom stereocenters. The Morgan fingerprint density at radius 1 is 1.37 bits per heavy atom. The minimum absolute atomic E-state index is 0.0342. The predicted octanol–water partition coefficient (Wildman–Crippen LogP) is 2.28. The molecule has 2 aliphatic rings. The number of nitrogens with one attached hydrogen (secondary N) is 1. The van der Waals surface area contributed by atoms with Crippen molar-refractivity contribution in [2.75, 3.05) is 13.2 Å². The van der Waals surface area contributed by atoms with E-state index in [0.29, 0.717) is 24.4 Å². The lowest BCUT2D eigenvalue weighted by atomic mass is 9.89. The van der Waals surface area contributed by atoms with E-state index < -0.39 is 11.8 Å². The second kappa shape index (κ2) is 7.66. The molecule has 3 rings (SSSR count). The summed E-state index contributed by atoms with van der Waals surface area (Å²) in [6.07, 6.45) is 2.99. The van der Waals surface area contributed by atoms with Crippen molar-refractivity contribution in [3.63, 3.8) is 0 Å². The monoisotopic (exact) mass is 370 g/mol. The van der Waals surface area contributed by atoms with Gasteiger partial charge in [-0.15, -0.1) is 6.58 Å². The molecule has 0 aliphatic carbocycles. The maximum Gasteiger partial charge on any atom is 0.248 e. The summed E-state index contributed by atoms with van der Waals surface area (Å²) in [6, 6.07) is 8.41. The number of β-lactam (4-membered cyclic amide) rings is 1. The molecule has 1 N–H and O–H groups in total. The zero-order valence-electron chi connectivity index (χ0n) is 16.0. The number of hydrogen-bond acceptors (Lipinski definition) is 5. The van der Waals surface area contributed by atoms with E-state index in [4.69, 9.17) is 9.47 Å². The Hall–Kier alpha value is -2.44. The number of rotatable bonds is 7. The molecule has 6 heteroatoms. The predicted molar refractivity (Wildman–Crippen MR) is 102 cm³/mol. The molecule has 1 amide bonds. The van der Waals surface area contributed by atoms with E-state index in [1.54, 1.807) is 30.0 Å². The molecule has 27 heavy (non-hydrogen) atoms. The molecule has 3 atom stereocenters. The Kier molecular flexibility index (Phi) is 5.48. The van der Waals surface area contributed by atoms with Gasteiger partial charge in [0.2, 0.25) is 5.91 Å². The van der Waals surface area contributed by atoms with Crippen molar-refractivity contribution in [2.45, 2.75) is 44.7 Å². The minimum atomic E-state index is -0.665. The minimum Gasteiger partial charge on any atom is -0.375 e. The Balaban J connectivity index is 1.72. The number of nitrogens with zero attached hydrogens (tertiary/aromatic N) is 1. The number of ether oxygens (including phenoxy) is 2. The van der Waals surface area contributed by atoms with Gasteiger partial charge in [-0.05, 0) is 20.8 Å². The third-order valence-electron chi connectivity index (χ3n) is 4.78. The first kappa shape index (κ1) is 19.3. The molecule has 1 aromatic rings. The number of carbonyl (C=O) groups is 2. The van der Waals surface area contributed by atoms with Gasteiger partial charge in [-0.1, -0.05) is 36.4 Å². The number of ketones is 1. The zero-order chi connectivity index (χ0) is 19.6. The van der Waals surface area contributed by atoms with Crippen LogP contribution in [0.1, 0.15) is 31.1 Å². The van der Waals surface area contributed by atoms with Gasteiger partial charge >= 0.3 is 0 Å².